The van der Waals surface area contributed by atoms with Crippen molar-refractivity contribution < 1.29 is 23.5 Å². The van der Waals surface area contributed by atoms with Gasteiger partial charge in [-0.15, -0.1) is 11.3 Å². The molecule has 26 heavy (non-hydrogen) atoms. The van der Waals surface area contributed by atoms with Crippen LogP contribution in [0.1, 0.15) is 24.3 Å². The third kappa shape index (κ3) is 6.12. The number of anilines is 1. The molecule has 0 aliphatic heterocycles. The largest absolute Gasteiger partial charge is 0.455 e. The number of ether oxygens (including phenoxy) is 1. The maximum Gasteiger partial charge on any atom is 0.308 e. The van der Waals surface area contributed by atoms with Crippen molar-refractivity contribution in [3.8, 4) is 0 Å². The summed E-state index contributed by atoms with van der Waals surface area (Å²) in [5, 5.41) is 7.02. The maximum absolute atomic E-state index is 13.6. The minimum Gasteiger partial charge on any atom is -0.455 e. The molecule has 0 aliphatic carbocycles. The van der Waals surface area contributed by atoms with Gasteiger partial charge < -0.3 is 15.4 Å². The molecule has 2 amide bonds. The fraction of sp³-hybridized carbons (Fsp3) is 0.235. The van der Waals surface area contributed by atoms with E-state index in [4.69, 9.17) is 16.3 Å². The predicted octanol–water partition coefficient (Wildman–Crippen LogP) is 3.29. The first-order chi connectivity index (χ1) is 12.3. The molecule has 0 saturated heterocycles. The Bertz CT molecular complexity index is 798. The molecule has 1 atom stereocenters. The molecule has 6 nitrogen and oxygen atoms in total. The van der Waals surface area contributed by atoms with E-state index in [0.717, 1.165) is 10.9 Å². The van der Waals surface area contributed by atoms with Gasteiger partial charge in [0.15, 0.2) is 6.61 Å². The monoisotopic (exact) mass is 398 g/mol. The first-order valence-electron chi connectivity index (χ1n) is 7.56. The second kappa shape index (κ2) is 9.30. The number of hydrogen-bond acceptors (Lipinski definition) is 5. The summed E-state index contributed by atoms with van der Waals surface area (Å²) in [5.41, 5.74) is -0.103. The van der Waals surface area contributed by atoms with E-state index in [1.54, 1.807) is 12.1 Å². The van der Waals surface area contributed by atoms with Crippen molar-refractivity contribution in [3.63, 3.8) is 0 Å². The van der Waals surface area contributed by atoms with E-state index in [1.807, 2.05) is 5.38 Å². The van der Waals surface area contributed by atoms with Crippen LogP contribution in [0.5, 0.6) is 0 Å². The van der Waals surface area contributed by atoms with Crippen LogP contribution in [0.4, 0.5) is 10.1 Å². The van der Waals surface area contributed by atoms with Crippen molar-refractivity contribution in [2.24, 2.45) is 0 Å². The van der Waals surface area contributed by atoms with E-state index in [9.17, 15) is 18.8 Å². The second-order valence-electron chi connectivity index (χ2n) is 5.31. The van der Waals surface area contributed by atoms with Crippen LogP contribution < -0.4 is 10.6 Å². The average Bonchev–Trinajstić information content (AvgIpc) is 3.10. The topological polar surface area (TPSA) is 84.5 Å². The summed E-state index contributed by atoms with van der Waals surface area (Å²) in [6, 6.07) is 6.76. The van der Waals surface area contributed by atoms with Crippen molar-refractivity contribution >= 4 is 46.4 Å². The predicted molar refractivity (Wildman–Crippen MR) is 96.5 cm³/mol. The Morgan fingerprint density at radius 2 is 2.08 bits per heavy atom. The van der Waals surface area contributed by atoms with Gasteiger partial charge in [0.05, 0.1) is 18.2 Å². The molecule has 0 bridgehead atoms. The van der Waals surface area contributed by atoms with Crippen LogP contribution in [0.2, 0.25) is 5.02 Å². The summed E-state index contributed by atoms with van der Waals surface area (Å²) in [6.45, 7) is 0.765. The number of rotatable bonds is 7. The molecule has 2 rings (SSSR count). The van der Waals surface area contributed by atoms with Gasteiger partial charge in [-0.1, -0.05) is 17.7 Å². The molecule has 1 aromatic heterocycles. The molecule has 138 valence electrons. The minimum absolute atomic E-state index is 0.103. The fourth-order valence-electron chi connectivity index (χ4n) is 2.11. The molecule has 1 heterocycles. The van der Waals surface area contributed by atoms with Gasteiger partial charge in [-0.05, 0) is 29.6 Å². The van der Waals surface area contributed by atoms with Crippen LogP contribution in [-0.2, 0) is 19.1 Å². The molecule has 9 heteroatoms. The molecule has 2 N–H and O–H groups in total. The van der Waals surface area contributed by atoms with E-state index >= 15 is 0 Å². The molecule has 0 fully saturated rings. The summed E-state index contributed by atoms with van der Waals surface area (Å²) < 4.78 is 18.5. The normalized spacial score (nSPS) is 11.5. The minimum atomic E-state index is -0.702. The Morgan fingerprint density at radius 1 is 1.31 bits per heavy atom. The van der Waals surface area contributed by atoms with Crippen molar-refractivity contribution in [2.45, 2.75) is 19.4 Å². The highest BCUT2D eigenvalue weighted by Crippen LogP contribution is 2.22. The first-order valence-corrected chi connectivity index (χ1v) is 8.82. The standard InChI is InChI=1S/C17H16ClFN2O4S/c1-10(22)20-14(15-3-2-6-26-15)8-17(24)25-9-16(23)21-13-7-11(18)4-5-12(13)19/h2-7,14H,8-9H2,1H3,(H,20,22)(H,21,23). The van der Waals surface area contributed by atoms with Gasteiger partial charge in [0.2, 0.25) is 5.91 Å². The van der Waals surface area contributed by atoms with E-state index in [1.165, 1.54) is 30.4 Å². The van der Waals surface area contributed by atoms with Crippen molar-refractivity contribution in [3.05, 3.63) is 51.4 Å². The number of amides is 2. The lowest BCUT2D eigenvalue weighted by atomic mass is 10.1. The molecular weight excluding hydrogens is 383 g/mol. The summed E-state index contributed by atoms with van der Waals surface area (Å²) in [7, 11) is 0. The number of halogens is 2. The van der Waals surface area contributed by atoms with E-state index in [2.05, 4.69) is 10.6 Å². The molecule has 0 saturated carbocycles. The number of carbonyl (C=O) groups is 3. The molecule has 0 aliphatic rings. The zero-order valence-electron chi connectivity index (χ0n) is 13.8. The van der Waals surface area contributed by atoms with E-state index in [0.29, 0.717) is 0 Å². The van der Waals surface area contributed by atoms with Gasteiger partial charge in [-0.3, -0.25) is 14.4 Å². The smallest absolute Gasteiger partial charge is 0.308 e. The van der Waals surface area contributed by atoms with Gasteiger partial charge in [-0.2, -0.15) is 0 Å². The Labute approximate surface area is 158 Å². The van der Waals surface area contributed by atoms with Gasteiger partial charge >= 0.3 is 5.97 Å². The third-order valence-electron chi connectivity index (χ3n) is 3.20. The molecule has 0 radical (unpaired) electrons. The Hall–Kier alpha value is -2.45. The second-order valence-corrected chi connectivity index (χ2v) is 6.72. The summed E-state index contributed by atoms with van der Waals surface area (Å²) in [4.78, 5) is 35.9. The molecule has 0 spiro atoms. The third-order valence-corrected chi connectivity index (χ3v) is 4.42. The van der Waals surface area contributed by atoms with Gasteiger partial charge in [-0.25, -0.2) is 4.39 Å². The fourth-order valence-corrected chi connectivity index (χ4v) is 3.06. The first kappa shape index (κ1) is 19.9. The SMILES string of the molecule is CC(=O)NC(CC(=O)OCC(=O)Nc1cc(Cl)ccc1F)c1cccs1. The Morgan fingerprint density at radius 3 is 2.73 bits per heavy atom. The Kier molecular flexibility index (Phi) is 7.11. The van der Waals surface area contributed by atoms with Gasteiger partial charge in [0.25, 0.3) is 5.91 Å². The lowest BCUT2D eigenvalue weighted by Crippen LogP contribution is -2.29. The number of esters is 1. The highest BCUT2D eigenvalue weighted by atomic mass is 35.5. The molecule has 1 aromatic carbocycles. The quantitative estimate of drug-likeness (QED) is 0.701. The van der Waals surface area contributed by atoms with Crippen LogP contribution in [0.25, 0.3) is 0 Å². The van der Waals surface area contributed by atoms with Crippen molar-refractivity contribution in [1.29, 1.82) is 0 Å². The highest BCUT2D eigenvalue weighted by Gasteiger charge is 2.20. The van der Waals surface area contributed by atoms with Crippen LogP contribution in [0.15, 0.2) is 35.7 Å². The number of carbonyl (C=O) groups excluding carboxylic acids is 3. The van der Waals surface area contributed by atoms with Gasteiger partial charge in [0.1, 0.15) is 5.82 Å². The van der Waals surface area contributed by atoms with Crippen LogP contribution >= 0.6 is 22.9 Å². The maximum atomic E-state index is 13.6. The van der Waals surface area contributed by atoms with Crippen LogP contribution in [0, 0.1) is 5.82 Å². The average molecular weight is 399 g/mol. The number of benzene rings is 1. The molecule has 2 aromatic rings. The number of hydrogen-bond donors (Lipinski definition) is 2. The van der Waals surface area contributed by atoms with Crippen molar-refractivity contribution in [1.82, 2.24) is 5.32 Å². The van der Waals surface area contributed by atoms with E-state index in [-0.39, 0.29) is 23.0 Å². The van der Waals surface area contributed by atoms with E-state index < -0.39 is 30.3 Å². The molecule has 1 unspecified atom stereocenters. The zero-order chi connectivity index (χ0) is 19.1. The Balaban J connectivity index is 1.87. The summed E-state index contributed by atoms with van der Waals surface area (Å²) in [5.74, 6) is -2.31. The number of thiophene rings is 1. The lowest BCUT2D eigenvalue weighted by molar-refractivity contribution is -0.147. The highest BCUT2D eigenvalue weighted by molar-refractivity contribution is 7.10. The van der Waals surface area contributed by atoms with Crippen molar-refractivity contribution in [2.75, 3.05) is 11.9 Å². The summed E-state index contributed by atoms with van der Waals surface area (Å²) in [6.07, 6.45) is -0.126. The zero-order valence-corrected chi connectivity index (χ0v) is 15.3. The van der Waals surface area contributed by atoms with Gasteiger partial charge in [0, 0.05) is 16.8 Å². The van der Waals surface area contributed by atoms with Crippen LogP contribution in [0.3, 0.4) is 0 Å². The van der Waals surface area contributed by atoms with Crippen LogP contribution in [-0.4, -0.2) is 24.4 Å². The molecular formula is C17H16ClFN2O4S. The lowest BCUT2D eigenvalue weighted by Gasteiger charge is -2.15. The summed E-state index contributed by atoms with van der Waals surface area (Å²) >= 11 is 7.13. The number of nitrogens with one attached hydrogen (secondary N) is 2.